The highest BCUT2D eigenvalue weighted by molar-refractivity contribution is 5.80. The first-order valence-electron chi connectivity index (χ1n) is 6.70. The molecule has 1 rings (SSSR count). The van der Waals surface area contributed by atoms with Gasteiger partial charge in [0.2, 0.25) is 0 Å². The highest BCUT2D eigenvalue weighted by Crippen LogP contribution is 2.27. The highest BCUT2D eigenvalue weighted by Gasteiger charge is 2.41. The van der Waals surface area contributed by atoms with Crippen molar-refractivity contribution in [3.05, 3.63) is 0 Å². The summed E-state index contributed by atoms with van der Waals surface area (Å²) < 4.78 is 31.4. The molecule has 0 aromatic heterocycles. The zero-order valence-electron chi connectivity index (χ0n) is 12.7. The van der Waals surface area contributed by atoms with E-state index in [-0.39, 0.29) is 19.5 Å². The summed E-state index contributed by atoms with van der Waals surface area (Å²) in [6, 6.07) is -1.23. The van der Waals surface area contributed by atoms with E-state index in [4.69, 9.17) is 4.74 Å². The summed E-state index contributed by atoms with van der Waals surface area (Å²) in [7, 11) is 1.29. The van der Waals surface area contributed by atoms with Crippen LogP contribution in [0.3, 0.4) is 0 Å². The standard InChI is InChI=1S/C13H22F2N2O4/c1-12(2,3)21-11(20)16(4)9(10(18)19)7-17-6-5-13(14,15)8-17/h9H,5-8H2,1-4H3,(H,18,19). The van der Waals surface area contributed by atoms with Gasteiger partial charge in [-0.2, -0.15) is 0 Å². The fourth-order valence-electron chi connectivity index (χ4n) is 2.03. The van der Waals surface area contributed by atoms with Gasteiger partial charge in [-0.25, -0.2) is 18.4 Å². The van der Waals surface area contributed by atoms with Crippen molar-refractivity contribution in [3.63, 3.8) is 0 Å². The number of nitrogens with zero attached hydrogens (tertiary/aromatic N) is 2. The largest absolute Gasteiger partial charge is 0.480 e. The molecule has 0 radical (unpaired) electrons. The summed E-state index contributed by atoms with van der Waals surface area (Å²) >= 11 is 0. The minimum atomic E-state index is -2.80. The third-order valence-corrected chi connectivity index (χ3v) is 3.11. The van der Waals surface area contributed by atoms with E-state index < -0.39 is 36.2 Å². The molecule has 8 heteroatoms. The Balaban J connectivity index is 2.69. The minimum Gasteiger partial charge on any atom is -0.480 e. The zero-order chi connectivity index (χ0) is 16.4. The molecule has 1 heterocycles. The molecular formula is C13H22F2N2O4. The number of likely N-dealkylation sites (N-methyl/N-ethyl adjacent to an activating group) is 1. The van der Waals surface area contributed by atoms with Gasteiger partial charge in [-0.1, -0.05) is 0 Å². The van der Waals surface area contributed by atoms with Crippen molar-refractivity contribution in [1.29, 1.82) is 0 Å². The van der Waals surface area contributed by atoms with Gasteiger partial charge >= 0.3 is 12.1 Å². The Hall–Kier alpha value is -1.44. The molecule has 0 bridgehead atoms. The first-order chi connectivity index (χ1) is 9.41. The van der Waals surface area contributed by atoms with Crippen LogP contribution in [0.5, 0.6) is 0 Å². The summed E-state index contributed by atoms with van der Waals surface area (Å²) in [5.74, 6) is -4.05. The second-order valence-corrected chi connectivity index (χ2v) is 6.29. The predicted octanol–water partition coefficient (Wildman–Crippen LogP) is 1.65. The molecule has 21 heavy (non-hydrogen) atoms. The van der Waals surface area contributed by atoms with Crippen LogP contribution >= 0.6 is 0 Å². The summed E-state index contributed by atoms with van der Waals surface area (Å²) in [6.07, 6.45) is -1.09. The number of aliphatic carboxylic acids is 1. The molecule has 1 saturated heterocycles. The lowest BCUT2D eigenvalue weighted by molar-refractivity contribution is -0.143. The first kappa shape index (κ1) is 17.6. The predicted molar refractivity (Wildman–Crippen MR) is 71.4 cm³/mol. The van der Waals surface area contributed by atoms with Gasteiger partial charge in [0.25, 0.3) is 5.92 Å². The summed E-state index contributed by atoms with van der Waals surface area (Å²) in [6.45, 7) is 4.46. The highest BCUT2D eigenvalue weighted by atomic mass is 19.3. The van der Waals surface area contributed by atoms with Gasteiger partial charge in [0.05, 0.1) is 6.54 Å². The molecule has 1 fully saturated rings. The molecule has 1 atom stereocenters. The van der Waals surface area contributed by atoms with Gasteiger partial charge in [0.15, 0.2) is 0 Å². The van der Waals surface area contributed by atoms with Crippen LogP contribution in [0, 0.1) is 0 Å². The number of alkyl halides is 2. The van der Waals surface area contributed by atoms with E-state index in [1.807, 2.05) is 0 Å². The third kappa shape index (κ3) is 5.45. The average Bonchev–Trinajstić information content (AvgIpc) is 2.62. The van der Waals surface area contributed by atoms with Crippen LogP contribution in [0.15, 0.2) is 0 Å². The molecule has 122 valence electrons. The maximum Gasteiger partial charge on any atom is 0.410 e. The molecule has 0 saturated carbocycles. The molecule has 1 unspecified atom stereocenters. The lowest BCUT2D eigenvalue weighted by atomic mass is 10.2. The number of halogens is 2. The topological polar surface area (TPSA) is 70.1 Å². The Morgan fingerprint density at radius 3 is 2.38 bits per heavy atom. The van der Waals surface area contributed by atoms with Crippen molar-refractivity contribution >= 4 is 12.1 Å². The lowest BCUT2D eigenvalue weighted by Crippen LogP contribution is -2.50. The van der Waals surface area contributed by atoms with Gasteiger partial charge < -0.3 is 9.84 Å². The number of hydrogen-bond acceptors (Lipinski definition) is 4. The van der Waals surface area contributed by atoms with Gasteiger partial charge in [0, 0.05) is 26.6 Å². The fourth-order valence-corrected chi connectivity index (χ4v) is 2.03. The van der Waals surface area contributed by atoms with Crippen molar-refractivity contribution in [2.45, 2.75) is 44.8 Å². The maximum absolute atomic E-state index is 13.1. The number of amides is 1. The van der Waals surface area contributed by atoms with E-state index in [1.54, 1.807) is 20.8 Å². The molecule has 0 spiro atoms. The number of rotatable bonds is 4. The van der Waals surface area contributed by atoms with E-state index >= 15 is 0 Å². The normalized spacial score (nSPS) is 20.1. The Morgan fingerprint density at radius 1 is 1.43 bits per heavy atom. The van der Waals surface area contributed by atoms with E-state index in [9.17, 15) is 23.5 Å². The van der Waals surface area contributed by atoms with Gasteiger partial charge in [-0.3, -0.25) is 9.80 Å². The van der Waals surface area contributed by atoms with Crippen molar-refractivity contribution in [1.82, 2.24) is 9.80 Å². The van der Waals surface area contributed by atoms with Crippen molar-refractivity contribution in [3.8, 4) is 0 Å². The number of ether oxygens (including phenoxy) is 1. The molecule has 1 N–H and O–H groups in total. The molecular weight excluding hydrogens is 286 g/mol. The Labute approximate surface area is 122 Å². The molecule has 0 aromatic carbocycles. The number of likely N-dealkylation sites (tertiary alicyclic amines) is 1. The maximum atomic E-state index is 13.1. The van der Waals surface area contributed by atoms with Crippen LogP contribution in [0.25, 0.3) is 0 Å². The van der Waals surface area contributed by atoms with Crippen LogP contribution < -0.4 is 0 Å². The van der Waals surface area contributed by atoms with Crippen LogP contribution in [0.2, 0.25) is 0 Å². The molecule has 1 aliphatic heterocycles. The zero-order valence-corrected chi connectivity index (χ0v) is 12.7. The van der Waals surface area contributed by atoms with Crippen LogP contribution in [-0.2, 0) is 9.53 Å². The summed E-state index contributed by atoms with van der Waals surface area (Å²) in [4.78, 5) is 25.5. The SMILES string of the molecule is CN(C(=O)OC(C)(C)C)C(CN1CCC(F)(F)C1)C(=O)O. The number of carboxylic acids is 1. The number of hydrogen-bond donors (Lipinski definition) is 1. The average molecular weight is 308 g/mol. The monoisotopic (exact) mass is 308 g/mol. The smallest absolute Gasteiger partial charge is 0.410 e. The lowest BCUT2D eigenvalue weighted by Gasteiger charge is -2.30. The molecule has 6 nitrogen and oxygen atoms in total. The number of carbonyl (C=O) groups excluding carboxylic acids is 1. The van der Waals surface area contributed by atoms with Crippen molar-refractivity contribution in [2.75, 3.05) is 26.7 Å². The first-order valence-corrected chi connectivity index (χ1v) is 6.70. The second kappa shape index (κ2) is 6.13. The van der Waals surface area contributed by atoms with Gasteiger partial charge in [-0.05, 0) is 20.8 Å². The van der Waals surface area contributed by atoms with Crippen LogP contribution in [0.4, 0.5) is 13.6 Å². The quantitative estimate of drug-likeness (QED) is 0.855. The van der Waals surface area contributed by atoms with Gasteiger partial charge in [-0.15, -0.1) is 0 Å². The Kier molecular flexibility index (Phi) is 5.14. The molecule has 1 amide bonds. The molecule has 0 aromatic rings. The van der Waals surface area contributed by atoms with Crippen molar-refractivity contribution < 1.29 is 28.2 Å². The molecule has 0 aliphatic carbocycles. The van der Waals surface area contributed by atoms with E-state index in [0.29, 0.717) is 0 Å². The fraction of sp³-hybridized carbons (Fsp3) is 0.846. The second-order valence-electron chi connectivity index (χ2n) is 6.29. The summed E-state index contributed by atoms with van der Waals surface area (Å²) in [5.41, 5.74) is -0.755. The Morgan fingerprint density at radius 2 is 2.00 bits per heavy atom. The van der Waals surface area contributed by atoms with E-state index in [2.05, 4.69) is 0 Å². The number of carboxylic acid groups (broad SMARTS) is 1. The number of carbonyl (C=O) groups is 2. The van der Waals surface area contributed by atoms with Gasteiger partial charge in [0.1, 0.15) is 11.6 Å². The van der Waals surface area contributed by atoms with Crippen LogP contribution in [-0.4, -0.2) is 71.2 Å². The minimum absolute atomic E-state index is 0.110. The van der Waals surface area contributed by atoms with Crippen molar-refractivity contribution in [2.24, 2.45) is 0 Å². The molecule has 1 aliphatic rings. The summed E-state index contributed by atoms with van der Waals surface area (Å²) in [5, 5.41) is 9.22. The Bertz CT molecular complexity index is 409. The third-order valence-electron chi connectivity index (χ3n) is 3.11. The van der Waals surface area contributed by atoms with E-state index in [0.717, 1.165) is 4.90 Å². The van der Waals surface area contributed by atoms with E-state index in [1.165, 1.54) is 11.9 Å². The van der Waals surface area contributed by atoms with Crippen LogP contribution in [0.1, 0.15) is 27.2 Å².